The summed E-state index contributed by atoms with van der Waals surface area (Å²) in [7, 11) is 3.09. The fraction of sp³-hybridized carbons (Fsp3) is 0.235. The van der Waals surface area contributed by atoms with E-state index in [2.05, 4.69) is 15.8 Å². The normalized spacial score (nSPS) is 10.1. The standard InChI is InChI=1S/C17H19N3O4/c1-23-11-13-6-4-3-5-12(13)9-16(21)19-20-17(22)15-10-14(24-2)7-8-18-15/h3-8,10H,9,11H2,1-2H3,(H,19,21)(H,20,22). The SMILES string of the molecule is COCc1ccccc1CC(=O)NNC(=O)c1cc(OC)ccn1. The number of methoxy groups -OCH3 is 2. The van der Waals surface area contributed by atoms with Crippen LogP contribution < -0.4 is 15.6 Å². The zero-order valence-electron chi connectivity index (χ0n) is 13.5. The first-order valence-corrected chi connectivity index (χ1v) is 7.29. The van der Waals surface area contributed by atoms with Crippen molar-refractivity contribution in [2.75, 3.05) is 14.2 Å². The molecule has 0 aliphatic rings. The number of hydrogen-bond donors (Lipinski definition) is 2. The van der Waals surface area contributed by atoms with E-state index in [0.717, 1.165) is 11.1 Å². The van der Waals surface area contributed by atoms with Crippen molar-refractivity contribution in [2.45, 2.75) is 13.0 Å². The molecule has 2 amide bonds. The molecule has 0 unspecified atom stereocenters. The topological polar surface area (TPSA) is 89.6 Å². The Labute approximate surface area is 140 Å². The summed E-state index contributed by atoms with van der Waals surface area (Å²) < 4.78 is 10.1. The Morgan fingerprint density at radius 1 is 1.08 bits per heavy atom. The number of aromatic nitrogens is 1. The van der Waals surface area contributed by atoms with Crippen molar-refractivity contribution in [3.05, 3.63) is 59.4 Å². The number of rotatable bonds is 6. The number of benzene rings is 1. The van der Waals surface area contributed by atoms with Gasteiger partial charge in [0, 0.05) is 19.4 Å². The Hall–Kier alpha value is -2.93. The van der Waals surface area contributed by atoms with E-state index in [0.29, 0.717) is 12.4 Å². The number of hydrogen-bond acceptors (Lipinski definition) is 5. The maximum absolute atomic E-state index is 12.0. The number of pyridine rings is 1. The number of nitrogens with zero attached hydrogens (tertiary/aromatic N) is 1. The molecule has 0 radical (unpaired) electrons. The molecule has 1 aromatic heterocycles. The van der Waals surface area contributed by atoms with Crippen LogP contribution in [0.1, 0.15) is 21.6 Å². The highest BCUT2D eigenvalue weighted by molar-refractivity contribution is 5.94. The van der Waals surface area contributed by atoms with Gasteiger partial charge in [-0.15, -0.1) is 0 Å². The van der Waals surface area contributed by atoms with Crippen LogP contribution in [0.2, 0.25) is 0 Å². The molecule has 7 nitrogen and oxygen atoms in total. The first kappa shape index (κ1) is 17.4. The minimum Gasteiger partial charge on any atom is -0.497 e. The second-order valence-electron chi connectivity index (χ2n) is 4.96. The van der Waals surface area contributed by atoms with Gasteiger partial charge in [-0.25, -0.2) is 0 Å². The maximum Gasteiger partial charge on any atom is 0.288 e. The molecule has 0 saturated heterocycles. The number of carbonyl (C=O) groups is 2. The van der Waals surface area contributed by atoms with Gasteiger partial charge in [-0.05, 0) is 17.2 Å². The monoisotopic (exact) mass is 329 g/mol. The van der Waals surface area contributed by atoms with Gasteiger partial charge in [-0.2, -0.15) is 0 Å². The Morgan fingerprint density at radius 3 is 2.54 bits per heavy atom. The van der Waals surface area contributed by atoms with Gasteiger partial charge in [-0.1, -0.05) is 24.3 Å². The summed E-state index contributed by atoms with van der Waals surface area (Å²) in [6.45, 7) is 0.420. The Morgan fingerprint density at radius 2 is 1.83 bits per heavy atom. The molecule has 1 aromatic carbocycles. The highest BCUT2D eigenvalue weighted by atomic mass is 16.5. The molecule has 0 spiro atoms. The van der Waals surface area contributed by atoms with Crippen LogP contribution >= 0.6 is 0 Å². The number of amides is 2. The molecule has 0 atom stereocenters. The van der Waals surface area contributed by atoms with Gasteiger partial charge in [0.15, 0.2) is 0 Å². The summed E-state index contributed by atoms with van der Waals surface area (Å²) in [4.78, 5) is 27.9. The van der Waals surface area contributed by atoms with E-state index in [4.69, 9.17) is 9.47 Å². The molecular formula is C17H19N3O4. The quantitative estimate of drug-likeness (QED) is 0.778. The van der Waals surface area contributed by atoms with Crippen LogP contribution in [0.5, 0.6) is 5.75 Å². The first-order chi connectivity index (χ1) is 11.6. The van der Waals surface area contributed by atoms with Gasteiger partial charge < -0.3 is 9.47 Å². The number of hydrazine groups is 1. The molecule has 0 aliphatic carbocycles. The van der Waals surface area contributed by atoms with Crippen LogP contribution in [0, 0.1) is 0 Å². The first-order valence-electron chi connectivity index (χ1n) is 7.29. The van der Waals surface area contributed by atoms with Gasteiger partial charge in [0.2, 0.25) is 5.91 Å². The van der Waals surface area contributed by atoms with Crippen molar-refractivity contribution in [1.82, 2.24) is 15.8 Å². The van der Waals surface area contributed by atoms with Crippen LogP contribution in [0.15, 0.2) is 42.6 Å². The van der Waals surface area contributed by atoms with Crippen LogP contribution in [0.25, 0.3) is 0 Å². The molecular weight excluding hydrogens is 310 g/mol. The summed E-state index contributed by atoms with van der Waals surface area (Å²) in [5.41, 5.74) is 6.62. The molecule has 0 bridgehead atoms. The van der Waals surface area contributed by atoms with Crippen molar-refractivity contribution in [1.29, 1.82) is 0 Å². The predicted molar refractivity (Wildman–Crippen MR) is 87.3 cm³/mol. The second kappa shape index (κ2) is 8.64. The van der Waals surface area contributed by atoms with E-state index in [1.54, 1.807) is 13.2 Å². The third-order valence-electron chi connectivity index (χ3n) is 3.28. The molecule has 2 N–H and O–H groups in total. The van der Waals surface area contributed by atoms with Gasteiger partial charge in [-0.3, -0.25) is 25.4 Å². The van der Waals surface area contributed by atoms with Gasteiger partial charge >= 0.3 is 0 Å². The van der Waals surface area contributed by atoms with E-state index in [9.17, 15) is 9.59 Å². The van der Waals surface area contributed by atoms with Crippen LogP contribution in [0.3, 0.4) is 0 Å². The average molecular weight is 329 g/mol. The molecule has 2 aromatic rings. The predicted octanol–water partition coefficient (Wildman–Crippen LogP) is 1.24. The fourth-order valence-electron chi connectivity index (χ4n) is 2.10. The third kappa shape index (κ3) is 4.79. The zero-order valence-corrected chi connectivity index (χ0v) is 13.5. The largest absolute Gasteiger partial charge is 0.497 e. The van der Waals surface area contributed by atoms with Crippen LogP contribution in [-0.4, -0.2) is 31.0 Å². The molecule has 126 valence electrons. The van der Waals surface area contributed by atoms with Gasteiger partial charge in [0.05, 0.1) is 20.1 Å². The van der Waals surface area contributed by atoms with E-state index in [1.165, 1.54) is 19.4 Å². The fourth-order valence-corrected chi connectivity index (χ4v) is 2.10. The third-order valence-corrected chi connectivity index (χ3v) is 3.28. The summed E-state index contributed by atoms with van der Waals surface area (Å²) >= 11 is 0. The van der Waals surface area contributed by atoms with Crippen LogP contribution in [-0.2, 0) is 22.6 Å². The molecule has 0 saturated carbocycles. The smallest absolute Gasteiger partial charge is 0.288 e. The molecule has 0 aliphatic heterocycles. The lowest BCUT2D eigenvalue weighted by Gasteiger charge is -2.10. The van der Waals surface area contributed by atoms with Crippen molar-refractivity contribution in [2.24, 2.45) is 0 Å². The van der Waals surface area contributed by atoms with Gasteiger partial charge in [0.25, 0.3) is 5.91 Å². The van der Waals surface area contributed by atoms with Crippen molar-refractivity contribution >= 4 is 11.8 Å². The highest BCUT2D eigenvalue weighted by Gasteiger charge is 2.11. The number of ether oxygens (including phenoxy) is 2. The summed E-state index contributed by atoms with van der Waals surface area (Å²) in [5.74, 6) is -0.350. The number of nitrogens with one attached hydrogen (secondary N) is 2. The van der Waals surface area contributed by atoms with E-state index in [1.807, 2.05) is 24.3 Å². The maximum atomic E-state index is 12.0. The summed E-state index contributed by atoms with van der Waals surface area (Å²) in [6, 6.07) is 10.6. The van der Waals surface area contributed by atoms with E-state index >= 15 is 0 Å². The molecule has 7 heteroatoms. The lowest BCUT2D eigenvalue weighted by Crippen LogP contribution is -2.42. The Kier molecular flexibility index (Phi) is 6.27. The Balaban J connectivity index is 1.92. The lowest BCUT2D eigenvalue weighted by molar-refractivity contribution is -0.121. The molecule has 0 fully saturated rings. The lowest BCUT2D eigenvalue weighted by atomic mass is 10.1. The summed E-state index contributed by atoms with van der Waals surface area (Å²) in [6.07, 6.45) is 1.59. The Bertz CT molecular complexity index is 718. The molecule has 1 heterocycles. The highest BCUT2D eigenvalue weighted by Crippen LogP contribution is 2.11. The van der Waals surface area contributed by atoms with Crippen molar-refractivity contribution in [3.8, 4) is 5.75 Å². The molecule has 2 rings (SSSR count). The zero-order chi connectivity index (χ0) is 17.4. The minimum atomic E-state index is -0.521. The van der Waals surface area contributed by atoms with Crippen molar-refractivity contribution < 1.29 is 19.1 Å². The second-order valence-corrected chi connectivity index (χ2v) is 4.96. The van der Waals surface area contributed by atoms with Crippen LogP contribution in [0.4, 0.5) is 0 Å². The minimum absolute atomic E-state index is 0.130. The van der Waals surface area contributed by atoms with Crippen molar-refractivity contribution in [3.63, 3.8) is 0 Å². The van der Waals surface area contributed by atoms with E-state index in [-0.39, 0.29) is 18.0 Å². The molecule has 24 heavy (non-hydrogen) atoms. The van der Waals surface area contributed by atoms with E-state index < -0.39 is 5.91 Å². The number of carbonyl (C=O) groups excluding carboxylic acids is 2. The summed E-state index contributed by atoms with van der Waals surface area (Å²) in [5, 5.41) is 0. The van der Waals surface area contributed by atoms with Gasteiger partial charge in [0.1, 0.15) is 11.4 Å². The average Bonchev–Trinajstić information content (AvgIpc) is 2.61.